The van der Waals surface area contributed by atoms with Gasteiger partial charge in [-0.25, -0.2) is 4.39 Å². The molecule has 3 atom stereocenters. The topological polar surface area (TPSA) is 98.1 Å². The number of amides is 1. The number of aromatic nitrogens is 2. The standard InChI is InChI=1S/C23H21F4N3O3/c1-11-7-12(3-4-15(11)24)13-9-22(2,23(25,26)27)33-10-14(13)17-8-18(31)19-16(30-17)5-6-29-20(19)21(28)32/h3-8,13-14H,9-10H2,1-2H3,(H2,28,32)(H,30,31)/t13-,14+,22+/m0/s1. The second-order valence-electron chi connectivity index (χ2n) is 8.50. The van der Waals surface area contributed by atoms with Gasteiger partial charge >= 0.3 is 6.18 Å². The van der Waals surface area contributed by atoms with E-state index < -0.39 is 47.2 Å². The molecule has 4 rings (SSSR count). The van der Waals surface area contributed by atoms with Crippen LogP contribution < -0.4 is 11.2 Å². The van der Waals surface area contributed by atoms with Crippen molar-refractivity contribution in [2.75, 3.05) is 6.61 Å². The van der Waals surface area contributed by atoms with E-state index in [0.717, 1.165) is 6.92 Å². The number of hydrogen-bond donors (Lipinski definition) is 2. The van der Waals surface area contributed by atoms with E-state index in [4.69, 9.17) is 10.5 Å². The number of ether oxygens (including phenoxy) is 1. The number of fused-ring (bicyclic) bond motifs is 1. The molecule has 10 heteroatoms. The van der Waals surface area contributed by atoms with Crippen LogP contribution in [0.5, 0.6) is 0 Å². The number of carbonyl (C=O) groups excluding carboxylic acids is 1. The number of aromatic amines is 1. The number of hydrogen-bond acceptors (Lipinski definition) is 4. The molecule has 0 spiro atoms. The fourth-order valence-electron chi connectivity index (χ4n) is 4.37. The molecule has 3 heterocycles. The second-order valence-corrected chi connectivity index (χ2v) is 8.50. The molecule has 0 unspecified atom stereocenters. The lowest BCUT2D eigenvalue weighted by Gasteiger charge is -2.43. The summed E-state index contributed by atoms with van der Waals surface area (Å²) in [7, 11) is 0. The Bertz CT molecular complexity index is 1300. The lowest BCUT2D eigenvalue weighted by Crippen LogP contribution is -2.50. The van der Waals surface area contributed by atoms with Crippen molar-refractivity contribution in [3.8, 4) is 0 Å². The maximum absolute atomic E-state index is 13.9. The molecule has 1 fully saturated rings. The van der Waals surface area contributed by atoms with Crippen LogP contribution in [0.3, 0.4) is 0 Å². The van der Waals surface area contributed by atoms with Crippen LogP contribution in [0.25, 0.3) is 10.9 Å². The van der Waals surface area contributed by atoms with E-state index in [0.29, 0.717) is 16.8 Å². The monoisotopic (exact) mass is 463 g/mol. The van der Waals surface area contributed by atoms with E-state index in [1.807, 2.05) is 0 Å². The van der Waals surface area contributed by atoms with Crippen LogP contribution >= 0.6 is 0 Å². The van der Waals surface area contributed by atoms with Crippen molar-refractivity contribution >= 4 is 16.8 Å². The number of pyridine rings is 2. The molecule has 0 bridgehead atoms. The highest BCUT2D eigenvalue weighted by molar-refractivity contribution is 6.03. The van der Waals surface area contributed by atoms with Crippen LogP contribution in [0.2, 0.25) is 0 Å². The summed E-state index contributed by atoms with van der Waals surface area (Å²) in [5.74, 6) is -2.73. The number of rotatable bonds is 3. The van der Waals surface area contributed by atoms with Gasteiger partial charge in [-0.2, -0.15) is 13.2 Å². The van der Waals surface area contributed by atoms with Crippen LogP contribution in [-0.4, -0.2) is 34.3 Å². The Morgan fingerprint density at radius 1 is 1.24 bits per heavy atom. The van der Waals surface area contributed by atoms with Crippen molar-refractivity contribution in [2.24, 2.45) is 5.73 Å². The summed E-state index contributed by atoms with van der Waals surface area (Å²) in [5.41, 5.74) is 3.59. The summed E-state index contributed by atoms with van der Waals surface area (Å²) in [6, 6.07) is 6.90. The van der Waals surface area contributed by atoms with Gasteiger partial charge in [0.05, 0.1) is 17.5 Å². The van der Waals surface area contributed by atoms with E-state index in [2.05, 4.69) is 9.97 Å². The van der Waals surface area contributed by atoms with Crippen LogP contribution in [0, 0.1) is 12.7 Å². The predicted molar refractivity (Wildman–Crippen MR) is 113 cm³/mol. The number of carbonyl (C=O) groups is 1. The highest BCUT2D eigenvalue weighted by Crippen LogP contribution is 2.49. The molecule has 33 heavy (non-hydrogen) atoms. The molecule has 1 saturated heterocycles. The number of primary amides is 1. The van der Waals surface area contributed by atoms with Crippen molar-refractivity contribution in [3.05, 3.63) is 75.1 Å². The molecule has 6 nitrogen and oxygen atoms in total. The molecule has 2 aromatic heterocycles. The number of nitrogens with two attached hydrogens (primary N) is 1. The van der Waals surface area contributed by atoms with Crippen molar-refractivity contribution in [1.82, 2.24) is 9.97 Å². The van der Waals surface area contributed by atoms with Gasteiger partial charge in [0.1, 0.15) is 11.5 Å². The molecular weight excluding hydrogens is 442 g/mol. The number of halogens is 4. The first-order chi connectivity index (χ1) is 15.4. The third-order valence-corrected chi connectivity index (χ3v) is 6.28. The number of alkyl halides is 3. The molecule has 0 aliphatic carbocycles. The lowest BCUT2D eigenvalue weighted by molar-refractivity contribution is -0.286. The van der Waals surface area contributed by atoms with Crippen molar-refractivity contribution in [3.63, 3.8) is 0 Å². The van der Waals surface area contributed by atoms with Gasteiger partial charge in [-0.3, -0.25) is 14.6 Å². The molecule has 174 valence electrons. The number of H-pyrrole nitrogens is 1. The Hall–Kier alpha value is -3.27. The van der Waals surface area contributed by atoms with Crippen molar-refractivity contribution < 1.29 is 27.1 Å². The first kappa shape index (κ1) is 22.9. The first-order valence-corrected chi connectivity index (χ1v) is 10.2. The van der Waals surface area contributed by atoms with Gasteiger partial charge in [-0.15, -0.1) is 0 Å². The minimum Gasteiger partial charge on any atom is -0.365 e. The van der Waals surface area contributed by atoms with Gasteiger partial charge in [-0.05, 0) is 49.4 Å². The number of benzene rings is 1. The van der Waals surface area contributed by atoms with Crippen molar-refractivity contribution in [1.29, 1.82) is 0 Å². The van der Waals surface area contributed by atoms with Gasteiger partial charge in [0.2, 0.25) is 0 Å². The van der Waals surface area contributed by atoms with E-state index in [9.17, 15) is 27.2 Å². The van der Waals surface area contributed by atoms with Crippen LogP contribution in [0.15, 0.2) is 41.3 Å². The average molecular weight is 463 g/mol. The first-order valence-electron chi connectivity index (χ1n) is 10.2. The van der Waals surface area contributed by atoms with E-state index in [1.54, 1.807) is 0 Å². The van der Waals surface area contributed by atoms with Gasteiger partial charge in [0.25, 0.3) is 5.91 Å². The Morgan fingerprint density at radius 3 is 2.61 bits per heavy atom. The maximum Gasteiger partial charge on any atom is 0.417 e. The largest absolute Gasteiger partial charge is 0.417 e. The smallest absolute Gasteiger partial charge is 0.365 e. The SMILES string of the molecule is Cc1cc([C@@H]2C[C@](C)(C(F)(F)F)OC[C@H]2c2cc(=O)c3c(C(N)=O)nccc3[nH]2)ccc1F. The molecule has 1 aliphatic rings. The normalized spacial score (nSPS) is 23.6. The Labute approximate surface area is 185 Å². The molecule has 3 aromatic rings. The van der Waals surface area contributed by atoms with Crippen molar-refractivity contribution in [2.45, 2.75) is 43.9 Å². The molecule has 0 saturated carbocycles. The van der Waals surface area contributed by atoms with E-state index >= 15 is 0 Å². The number of nitrogens with zero attached hydrogens (tertiary/aromatic N) is 1. The molecule has 1 aromatic carbocycles. The Kier molecular flexibility index (Phi) is 5.52. The van der Waals surface area contributed by atoms with Crippen LogP contribution in [-0.2, 0) is 4.74 Å². The third-order valence-electron chi connectivity index (χ3n) is 6.28. The molecule has 1 aliphatic heterocycles. The van der Waals surface area contributed by atoms with Gasteiger partial charge in [-0.1, -0.05) is 12.1 Å². The van der Waals surface area contributed by atoms with Crippen LogP contribution in [0.4, 0.5) is 17.6 Å². The van der Waals surface area contributed by atoms with E-state index in [1.165, 1.54) is 43.5 Å². The zero-order valence-corrected chi connectivity index (χ0v) is 17.8. The summed E-state index contributed by atoms with van der Waals surface area (Å²) in [5, 5.41) is -0.000200. The predicted octanol–water partition coefficient (Wildman–Crippen LogP) is 4.08. The molecular formula is C23H21F4N3O3. The van der Waals surface area contributed by atoms with Gasteiger partial charge in [0, 0.05) is 23.9 Å². The minimum atomic E-state index is -4.62. The summed E-state index contributed by atoms with van der Waals surface area (Å²) >= 11 is 0. The molecule has 1 amide bonds. The van der Waals surface area contributed by atoms with E-state index in [-0.39, 0.29) is 23.2 Å². The fourth-order valence-corrected chi connectivity index (χ4v) is 4.37. The summed E-state index contributed by atoms with van der Waals surface area (Å²) in [4.78, 5) is 31.4. The highest BCUT2D eigenvalue weighted by Gasteiger charge is 2.56. The molecule has 3 N–H and O–H groups in total. The second kappa shape index (κ2) is 7.95. The highest BCUT2D eigenvalue weighted by atomic mass is 19.4. The zero-order valence-electron chi connectivity index (χ0n) is 17.8. The quantitative estimate of drug-likeness (QED) is 0.572. The fraction of sp³-hybridized carbons (Fsp3) is 0.348. The number of nitrogens with one attached hydrogen (secondary N) is 1. The minimum absolute atomic E-state index is 0.000200. The van der Waals surface area contributed by atoms with Gasteiger partial charge < -0.3 is 15.5 Å². The third kappa shape index (κ3) is 3.99. The molecule has 0 radical (unpaired) electrons. The zero-order chi connectivity index (χ0) is 24.1. The lowest BCUT2D eigenvalue weighted by atomic mass is 9.74. The van der Waals surface area contributed by atoms with Gasteiger partial charge in [0.15, 0.2) is 11.0 Å². The summed E-state index contributed by atoms with van der Waals surface area (Å²) in [6.45, 7) is 2.19. The number of aryl methyl sites for hydroxylation is 1. The Morgan fingerprint density at radius 2 is 1.97 bits per heavy atom. The maximum atomic E-state index is 13.9. The van der Waals surface area contributed by atoms with Crippen LogP contribution in [0.1, 0.15) is 52.5 Å². The Balaban J connectivity index is 1.86. The summed E-state index contributed by atoms with van der Waals surface area (Å²) < 4.78 is 60.5. The average Bonchev–Trinajstić information content (AvgIpc) is 2.74. The summed E-state index contributed by atoms with van der Waals surface area (Å²) in [6.07, 6.45) is -3.74.